The van der Waals surface area contributed by atoms with Gasteiger partial charge in [-0.15, -0.1) is 0 Å². The van der Waals surface area contributed by atoms with E-state index in [9.17, 15) is 9.59 Å². The van der Waals surface area contributed by atoms with Crippen molar-refractivity contribution in [3.63, 3.8) is 0 Å². The molecule has 24 heavy (non-hydrogen) atoms. The number of rotatable bonds is 6. The highest BCUT2D eigenvalue weighted by Crippen LogP contribution is 2.26. The Bertz CT molecular complexity index is 446. The zero-order valence-electron chi connectivity index (χ0n) is 15.1. The summed E-state index contributed by atoms with van der Waals surface area (Å²) in [6.07, 6.45) is 5.68. The third kappa shape index (κ3) is 4.70. The van der Waals surface area contributed by atoms with E-state index in [2.05, 4.69) is 16.7 Å². The number of hydrogen-bond donors (Lipinski definition) is 0. The van der Waals surface area contributed by atoms with Crippen molar-refractivity contribution in [1.82, 2.24) is 19.6 Å². The molecule has 0 aromatic carbocycles. The van der Waals surface area contributed by atoms with Crippen LogP contribution < -0.4 is 0 Å². The van der Waals surface area contributed by atoms with Crippen molar-refractivity contribution in [2.75, 3.05) is 58.9 Å². The van der Waals surface area contributed by atoms with E-state index in [1.807, 2.05) is 9.80 Å². The first kappa shape index (κ1) is 17.7. The summed E-state index contributed by atoms with van der Waals surface area (Å²) < 4.78 is 0. The van der Waals surface area contributed by atoms with Crippen molar-refractivity contribution >= 4 is 11.8 Å². The molecule has 3 aliphatic rings. The van der Waals surface area contributed by atoms with E-state index in [0.29, 0.717) is 19.1 Å². The SMILES string of the molecule is CCN(C(=O)CN1CCCN(CC(=O)N2CCCC2)CC1)C1CC1. The van der Waals surface area contributed by atoms with Crippen LogP contribution in [-0.4, -0.2) is 96.4 Å². The molecule has 2 amide bonds. The van der Waals surface area contributed by atoms with E-state index >= 15 is 0 Å². The second-order valence-corrected chi connectivity index (χ2v) is 7.40. The van der Waals surface area contributed by atoms with Crippen molar-refractivity contribution in [3.8, 4) is 0 Å². The third-order valence-corrected chi connectivity index (χ3v) is 5.51. The molecule has 3 rings (SSSR count). The summed E-state index contributed by atoms with van der Waals surface area (Å²) in [5.74, 6) is 0.560. The fourth-order valence-corrected chi connectivity index (χ4v) is 3.90. The lowest BCUT2D eigenvalue weighted by Crippen LogP contribution is -2.43. The van der Waals surface area contributed by atoms with Crippen LogP contribution >= 0.6 is 0 Å². The molecule has 0 bridgehead atoms. The molecule has 136 valence electrons. The van der Waals surface area contributed by atoms with Crippen LogP contribution in [0.5, 0.6) is 0 Å². The van der Waals surface area contributed by atoms with Gasteiger partial charge < -0.3 is 9.80 Å². The molecule has 0 unspecified atom stereocenters. The smallest absolute Gasteiger partial charge is 0.236 e. The Kier molecular flexibility index (Phi) is 6.11. The van der Waals surface area contributed by atoms with Crippen LogP contribution in [0.2, 0.25) is 0 Å². The lowest BCUT2D eigenvalue weighted by Gasteiger charge is -2.26. The Morgan fingerprint density at radius 2 is 1.50 bits per heavy atom. The maximum atomic E-state index is 12.5. The van der Waals surface area contributed by atoms with Crippen molar-refractivity contribution in [3.05, 3.63) is 0 Å². The highest BCUT2D eigenvalue weighted by atomic mass is 16.2. The average molecular weight is 336 g/mol. The standard InChI is InChI=1S/C18H32N4O2/c1-2-22(16-6-7-16)18(24)15-20-9-5-8-19(12-13-20)14-17(23)21-10-3-4-11-21/h16H,2-15H2,1H3. The predicted octanol–water partition coefficient (Wildman–Crippen LogP) is 0.627. The first-order chi connectivity index (χ1) is 11.7. The topological polar surface area (TPSA) is 47.1 Å². The first-order valence-electron chi connectivity index (χ1n) is 9.69. The molecule has 0 spiro atoms. The number of carbonyl (C=O) groups excluding carboxylic acids is 2. The van der Waals surface area contributed by atoms with Gasteiger partial charge in [0, 0.05) is 38.8 Å². The molecule has 6 heteroatoms. The van der Waals surface area contributed by atoms with Crippen molar-refractivity contribution in [2.24, 2.45) is 0 Å². The fraction of sp³-hybridized carbons (Fsp3) is 0.889. The summed E-state index contributed by atoms with van der Waals surface area (Å²) in [6, 6.07) is 0.504. The highest BCUT2D eigenvalue weighted by molar-refractivity contribution is 5.79. The van der Waals surface area contributed by atoms with Gasteiger partial charge in [-0.1, -0.05) is 0 Å². The average Bonchev–Trinajstić information content (AvgIpc) is 3.28. The van der Waals surface area contributed by atoms with Gasteiger partial charge in [-0.25, -0.2) is 0 Å². The van der Waals surface area contributed by atoms with Gasteiger partial charge >= 0.3 is 0 Å². The number of nitrogens with zero attached hydrogens (tertiary/aromatic N) is 4. The van der Waals surface area contributed by atoms with Gasteiger partial charge in [0.15, 0.2) is 0 Å². The number of hydrogen-bond acceptors (Lipinski definition) is 4. The first-order valence-corrected chi connectivity index (χ1v) is 9.69. The second kappa shape index (κ2) is 8.30. The minimum atomic E-state index is 0.279. The van der Waals surface area contributed by atoms with Crippen LogP contribution in [0.3, 0.4) is 0 Å². The van der Waals surface area contributed by atoms with E-state index in [1.54, 1.807) is 0 Å². The maximum Gasteiger partial charge on any atom is 0.236 e. The van der Waals surface area contributed by atoms with E-state index < -0.39 is 0 Å². The summed E-state index contributed by atoms with van der Waals surface area (Å²) in [6.45, 7) is 9.56. The Labute approximate surface area is 145 Å². The lowest BCUT2D eigenvalue weighted by molar-refractivity contribution is -0.133. The summed E-state index contributed by atoms with van der Waals surface area (Å²) in [5.41, 5.74) is 0. The molecule has 0 aromatic heterocycles. The number of amides is 2. The molecule has 6 nitrogen and oxygen atoms in total. The quantitative estimate of drug-likeness (QED) is 0.714. The molecule has 3 fully saturated rings. The van der Waals surface area contributed by atoms with E-state index in [-0.39, 0.29) is 11.8 Å². The van der Waals surface area contributed by atoms with Gasteiger partial charge in [0.25, 0.3) is 0 Å². The molecule has 1 saturated carbocycles. The van der Waals surface area contributed by atoms with Crippen LogP contribution in [0.15, 0.2) is 0 Å². The molecule has 0 radical (unpaired) electrons. The van der Waals surface area contributed by atoms with E-state index in [1.165, 1.54) is 12.8 Å². The van der Waals surface area contributed by atoms with Gasteiger partial charge in [-0.2, -0.15) is 0 Å². The van der Waals surface area contributed by atoms with Gasteiger partial charge in [-0.3, -0.25) is 19.4 Å². The van der Waals surface area contributed by atoms with E-state index in [0.717, 1.165) is 65.1 Å². The van der Waals surface area contributed by atoms with Crippen LogP contribution in [0.25, 0.3) is 0 Å². The Morgan fingerprint density at radius 3 is 2.08 bits per heavy atom. The van der Waals surface area contributed by atoms with Gasteiger partial charge in [0.05, 0.1) is 13.1 Å². The summed E-state index contributed by atoms with van der Waals surface area (Å²) in [7, 11) is 0. The van der Waals surface area contributed by atoms with Gasteiger partial charge in [-0.05, 0) is 52.1 Å². The normalized spacial score (nSPS) is 23.3. The zero-order chi connectivity index (χ0) is 16.9. The number of likely N-dealkylation sites (N-methyl/N-ethyl adjacent to an activating group) is 1. The minimum absolute atomic E-state index is 0.279. The highest BCUT2D eigenvalue weighted by Gasteiger charge is 2.32. The summed E-state index contributed by atoms with van der Waals surface area (Å²) in [5, 5.41) is 0. The van der Waals surface area contributed by atoms with Crippen LogP contribution in [0.1, 0.15) is 39.0 Å². The zero-order valence-corrected chi connectivity index (χ0v) is 15.1. The van der Waals surface area contributed by atoms with Crippen LogP contribution in [0, 0.1) is 0 Å². The number of likely N-dealkylation sites (tertiary alicyclic amines) is 1. The predicted molar refractivity (Wildman–Crippen MR) is 93.7 cm³/mol. The fourth-order valence-electron chi connectivity index (χ4n) is 3.90. The molecular weight excluding hydrogens is 304 g/mol. The Morgan fingerprint density at radius 1 is 0.875 bits per heavy atom. The van der Waals surface area contributed by atoms with Crippen LogP contribution in [-0.2, 0) is 9.59 Å². The molecular formula is C18H32N4O2. The van der Waals surface area contributed by atoms with E-state index in [4.69, 9.17) is 0 Å². The Hall–Kier alpha value is -1.14. The monoisotopic (exact) mass is 336 g/mol. The van der Waals surface area contributed by atoms with Crippen molar-refractivity contribution < 1.29 is 9.59 Å². The number of carbonyl (C=O) groups is 2. The lowest BCUT2D eigenvalue weighted by atomic mass is 10.3. The van der Waals surface area contributed by atoms with Crippen molar-refractivity contribution in [2.45, 2.75) is 45.1 Å². The summed E-state index contributed by atoms with van der Waals surface area (Å²) >= 11 is 0. The second-order valence-electron chi connectivity index (χ2n) is 7.40. The molecule has 2 aliphatic heterocycles. The molecule has 0 aromatic rings. The third-order valence-electron chi connectivity index (χ3n) is 5.51. The van der Waals surface area contributed by atoms with Crippen LogP contribution in [0.4, 0.5) is 0 Å². The molecule has 0 atom stereocenters. The van der Waals surface area contributed by atoms with Gasteiger partial charge in [0.1, 0.15) is 0 Å². The molecule has 1 aliphatic carbocycles. The largest absolute Gasteiger partial charge is 0.342 e. The maximum absolute atomic E-state index is 12.5. The Balaban J connectivity index is 1.42. The molecule has 0 N–H and O–H groups in total. The molecule has 2 heterocycles. The summed E-state index contributed by atoms with van der Waals surface area (Å²) in [4.78, 5) is 33.4. The minimum Gasteiger partial charge on any atom is -0.342 e. The molecule has 2 saturated heterocycles. The van der Waals surface area contributed by atoms with Crippen molar-refractivity contribution in [1.29, 1.82) is 0 Å². The van der Waals surface area contributed by atoms with Gasteiger partial charge in [0.2, 0.25) is 11.8 Å².